The Kier molecular flexibility index (Phi) is 4.32. The van der Waals surface area contributed by atoms with Crippen molar-refractivity contribution in [2.45, 2.75) is 39.0 Å². The minimum atomic E-state index is -3.41. The van der Waals surface area contributed by atoms with E-state index in [4.69, 9.17) is 4.74 Å². The maximum atomic E-state index is 11.5. The topological polar surface area (TPSA) is 55.4 Å². The highest BCUT2D eigenvalue weighted by Gasteiger charge is 2.49. The van der Waals surface area contributed by atoms with Crippen LogP contribution in [-0.2, 0) is 21.4 Å². The van der Waals surface area contributed by atoms with Crippen molar-refractivity contribution in [3.63, 3.8) is 0 Å². The molecule has 1 aromatic carbocycles. The molecule has 1 aromatic rings. The summed E-state index contributed by atoms with van der Waals surface area (Å²) in [6.45, 7) is 7.96. The van der Waals surface area contributed by atoms with E-state index in [1.165, 1.54) is 0 Å². The fourth-order valence-corrected chi connectivity index (χ4v) is 3.36. The molecule has 2 rings (SSSR count). The fourth-order valence-electron chi connectivity index (χ4n) is 2.64. The molecule has 0 saturated heterocycles. The average Bonchev–Trinajstić information content (AvgIpc) is 2.38. The van der Waals surface area contributed by atoms with Crippen LogP contribution >= 0.6 is 0 Å². The van der Waals surface area contributed by atoms with Crippen molar-refractivity contribution in [3.8, 4) is 0 Å². The van der Waals surface area contributed by atoms with E-state index in [9.17, 15) is 8.42 Å². The highest BCUT2D eigenvalue weighted by atomic mass is 32.2. The van der Waals surface area contributed by atoms with Gasteiger partial charge in [0.15, 0.2) is 0 Å². The van der Waals surface area contributed by atoms with Crippen LogP contribution in [0.4, 0.5) is 0 Å². The Morgan fingerprint density at radius 2 is 2.05 bits per heavy atom. The van der Waals surface area contributed by atoms with Gasteiger partial charge in [-0.2, -0.15) is 0 Å². The van der Waals surface area contributed by atoms with Gasteiger partial charge in [0.1, 0.15) is 0 Å². The first-order chi connectivity index (χ1) is 9.34. The number of nitrogens with one attached hydrogen (secondary N) is 1. The van der Waals surface area contributed by atoms with Gasteiger partial charge < -0.3 is 4.74 Å². The third kappa shape index (κ3) is 3.48. The molecular weight excluding hydrogens is 274 g/mol. The molecule has 5 heteroatoms. The van der Waals surface area contributed by atoms with Gasteiger partial charge in [-0.15, -0.1) is 0 Å². The molecule has 1 aliphatic carbocycles. The molecule has 1 saturated carbocycles. The third-order valence-corrected chi connectivity index (χ3v) is 4.76. The molecule has 20 heavy (non-hydrogen) atoms. The maximum Gasteiger partial charge on any atom is 0.233 e. The van der Waals surface area contributed by atoms with Gasteiger partial charge >= 0.3 is 0 Å². The van der Waals surface area contributed by atoms with Crippen molar-refractivity contribution in [2.24, 2.45) is 5.41 Å². The lowest BCUT2D eigenvalue weighted by Crippen LogP contribution is -2.61. The number of hydrogen-bond donors (Lipinski definition) is 1. The largest absolute Gasteiger partial charge is 0.371 e. The quantitative estimate of drug-likeness (QED) is 0.877. The van der Waals surface area contributed by atoms with E-state index in [2.05, 4.69) is 25.1 Å². The van der Waals surface area contributed by atoms with Crippen LogP contribution < -0.4 is 4.72 Å². The Morgan fingerprint density at radius 1 is 1.40 bits per heavy atom. The fraction of sp³-hybridized carbons (Fsp3) is 0.467. The van der Waals surface area contributed by atoms with Crippen LogP contribution in [0.2, 0.25) is 0 Å². The van der Waals surface area contributed by atoms with Crippen LogP contribution in [-0.4, -0.2) is 20.6 Å². The predicted octanol–water partition coefficient (Wildman–Crippen LogP) is 2.43. The van der Waals surface area contributed by atoms with Crippen molar-refractivity contribution in [1.82, 2.24) is 4.72 Å². The molecule has 0 aliphatic heterocycles. The third-order valence-electron chi connectivity index (χ3n) is 3.69. The zero-order chi connectivity index (χ0) is 14.8. The summed E-state index contributed by atoms with van der Waals surface area (Å²) in [6.07, 6.45) is 0.636. The lowest BCUT2D eigenvalue weighted by molar-refractivity contribution is -0.121. The second kappa shape index (κ2) is 5.68. The summed E-state index contributed by atoms with van der Waals surface area (Å²) >= 11 is 0. The zero-order valence-electron chi connectivity index (χ0n) is 11.9. The normalized spacial score (nSPS) is 24.9. The Balaban J connectivity index is 1.98. The molecule has 2 atom stereocenters. The first-order valence-electron chi connectivity index (χ1n) is 6.64. The first kappa shape index (κ1) is 15.2. The summed E-state index contributed by atoms with van der Waals surface area (Å²) < 4.78 is 31.6. The number of hydrogen-bond acceptors (Lipinski definition) is 3. The molecule has 1 N–H and O–H groups in total. The van der Waals surface area contributed by atoms with Crippen molar-refractivity contribution >= 4 is 10.0 Å². The van der Waals surface area contributed by atoms with Crippen LogP contribution in [0.3, 0.4) is 0 Å². The molecule has 0 heterocycles. The van der Waals surface area contributed by atoms with Crippen LogP contribution in [0.5, 0.6) is 0 Å². The number of rotatable bonds is 6. The van der Waals surface area contributed by atoms with Gasteiger partial charge in [-0.05, 0) is 17.4 Å². The number of ether oxygens (including phenoxy) is 1. The molecule has 4 nitrogen and oxygen atoms in total. The lowest BCUT2D eigenvalue weighted by Gasteiger charge is -2.50. The van der Waals surface area contributed by atoms with Gasteiger partial charge in [-0.3, -0.25) is 0 Å². The van der Waals surface area contributed by atoms with Gasteiger partial charge in [0.05, 0.1) is 12.7 Å². The lowest BCUT2D eigenvalue weighted by atomic mass is 9.66. The summed E-state index contributed by atoms with van der Waals surface area (Å²) in [5, 5.41) is 0.937. The van der Waals surface area contributed by atoms with Gasteiger partial charge in [0.25, 0.3) is 0 Å². The van der Waals surface area contributed by atoms with Gasteiger partial charge in [0.2, 0.25) is 10.0 Å². The summed E-state index contributed by atoms with van der Waals surface area (Å²) in [7, 11) is -3.41. The zero-order valence-corrected chi connectivity index (χ0v) is 12.7. The van der Waals surface area contributed by atoms with E-state index in [0.29, 0.717) is 6.61 Å². The Morgan fingerprint density at radius 3 is 2.60 bits per heavy atom. The summed E-state index contributed by atoms with van der Waals surface area (Å²) in [5.74, 6) is 0. The Labute approximate surface area is 120 Å². The van der Waals surface area contributed by atoms with E-state index >= 15 is 0 Å². The average molecular weight is 295 g/mol. The first-order valence-corrected chi connectivity index (χ1v) is 8.19. The number of benzene rings is 1. The maximum absolute atomic E-state index is 11.5. The molecule has 1 fully saturated rings. The van der Waals surface area contributed by atoms with Crippen LogP contribution in [0.1, 0.15) is 25.8 Å². The van der Waals surface area contributed by atoms with Crippen LogP contribution in [0.15, 0.2) is 42.3 Å². The van der Waals surface area contributed by atoms with Gasteiger partial charge in [0, 0.05) is 11.4 Å². The van der Waals surface area contributed by atoms with Crippen LogP contribution in [0.25, 0.3) is 0 Å². The van der Waals surface area contributed by atoms with E-state index in [-0.39, 0.29) is 17.6 Å². The monoisotopic (exact) mass is 295 g/mol. The molecule has 0 amide bonds. The standard InChI is InChI=1S/C15H21NO3S/c1-4-20(17,18)16-13-10-15(2,3)14(13)19-11-12-8-6-5-7-9-12/h4-9,13-14,16H,1,10-11H2,2-3H3. The molecular formula is C15H21NO3S. The molecule has 0 radical (unpaired) electrons. The Hall–Kier alpha value is -1.17. The van der Waals surface area contributed by atoms with Crippen molar-refractivity contribution in [3.05, 3.63) is 47.9 Å². The minimum Gasteiger partial charge on any atom is -0.371 e. The second-order valence-corrected chi connectivity index (χ2v) is 7.50. The summed E-state index contributed by atoms with van der Waals surface area (Å²) in [5.41, 5.74) is 1.06. The smallest absolute Gasteiger partial charge is 0.233 e. The van der Waals surface area contributed by atoms with E-state index < -0.39 is 10.0 Å². The van der Waals surface area contributed by atoms with Crippen molar-refractivity contribution in [2.75, 3.05) is 0 Å². The van der Waals surface area contributed by atoms with E-state index in [1.807, 2.05) is 30.3 Å². The van der Waals surface area contributed by atoms with Crippen LogP contribution in [0, 0.1) is 5.41 Å². The van der Waals surface area contributed by atoms with E-state index in [1.54, 1.807) is 0 Å². The predicted molar refractivity (Wildman–Crippen MR) is 79.5 cm³/mol. The SMILES string of the molecule is C=CS(=O)(=O)NC1CC(C)(C)C1OCc1ccccc1. The van der Waals surface area contributed by atoms with E-state index in [0.717, 1.165) is 17.4 Å². The Bertz CT molecular complexity index is 566. The summed E-state index contributed by atoms with van der Waals surface area (Å²) in [4.78, 5) is 0. The summed E-state index contributed by atoms with van der Waals surface area (Å²) in [6, 6.07) is 9.68. The second-order valence-electron chi connectivity index (χ2n) is 5.85. The molecule has 1 aliphatic rings. The highest BCUT2D eigenvalue weighted by Crippen LogP contribution is 2.43. The minimum absolute atomic E-state index is 0.0247. The molecule has 0 spiro atoms. The van der Waals surface area contributed by atoms with Crippen molar-refractivity contribution in [1.29, 1.82) is 0 Å². The molecule has 0 bridgehead atoms. The number of sulfonamides is 1. The highest BCUT2D eigenvalue weighted by molar-refractivity contribution is 7.92. The molecule has 110 valence electrons. The molecule has 2 unspecified atom stereocenters. The van der Waals surface area contributed by atoms with Gasteiger partial charge in [-0.25, -0.2) is 13.1 Å². The van der Waals surface area contributed by atoms with Crippen molar-refractivity contribution < 1.29 is 13.2 Å². The van der Waals surface area contributed by atoms with Gasteiger partial charge in [-0.1, -0.05) is 50.8 Å². The molecule has 0 aromatic heterocycles.